The van der Waals surface area contributed by atoms with Gasteiger partial charge in [0.2, 0.25) is 0 Å². The predicted molar refractivity (Wildman–Crippen MR) is 29.3 cm³/mol. The van der Waals surface area contributed by atoms with Crippen molar-refractivity contribution >= 4 is 5.78 Å². The van der Waals surface area contributed by atoms with Crippen molar-refractivity contribution in [3.63, 3.8) is 0 Å². The van der Waals surface area contributed by atoms with Gasteiger partial charge in [0, 0.05) is 19.3 Å². The van der Waals surface area contributed by atoms with Crippen molar-refractivity contribution in [2.75, 3.05) is 7.05 Å². The van der Waals surface area contributed by atoms with Crippen LogP contribution < -0.4 is 5.32 Å². The van der Waals surface area contributed by atoms with Crippen molar-refractivity contribution in [2.24, 2.45) is 0 Å². The molecule has 2 nitrogen and oxygen atoms in total. The normalized spacial score (nSPS) is 12.0. The number of carbonyl (C=O) groups excluding carboxylic acids is 1. The zero-order chi connectivity index (χ0) is 8.20. The summed E-state index contributed by atoms with van der Waals surface area (Å²) in [6, 6.07) is 0. The van der Waals surface area contributed by atoms with E-state index in [-0.39, 0.29) is 0 Å². The molecule has 0 unspecified atom stereocenters. The van der Waals surface area contributed by atoms with Crippen LogP contribution in [0.3, 0.4) is 0 Å². The molecule has 0 heterocycles. The fourth-order valence-electron chi connectivity index (χ4n) is 0.254. The van der Waals surface area contributed by atoms with E-state index in [1.165, 1.54) is 7.05 Å². The molecule has 0 aliphatic heterocycles. The van der Waals surface area contributed by atoms with Crippen LogP contribution in [0, 0.1) is 0 Å². The molecule has 0 fully saturated rings. The van der Waals surface area contributed by atoms with Gasteiger partial charge in [0.05, 0.1) is 0 Å². The summed E-state index contributed by atoms with van der Waals surface area (Å²) in [6.07, 6.45) is -3.40. The third-order valence-corrected chi connectivity index (χ3v) is 0.681. The Labute approximate surface area is 55.7 Å². The predicted octanol–water partition coefficient (Wildman–Crippen LogP) is 0.851. The minimum Gasteiger partial charge on any atom is -0.394 e. The summed E-state index contributed by atoms with van der Waals surface area (Å²) >= 11 is 0. The highest BCUT2D eigenvalue weighted by atomic mass is 19.4. The second-order valence-corrected chi connectivity index (χ2v) is 1.48. The molecule has 0 saturated heterocycles. The van der Waals surface area contributed by atoms with E-state index in [0.717, 1.165) is 6.20 Å². The number of hydrogen-bond acceptors (Lipinski definition) is 2. The molecule has 0 aliphatic carbocycles. The molecule has 0 bridgehead atoms. The quantitative estimate of drug-likeness (QED) is 0.596. The van der Waals surface area contributed by atoms with Crippen LogP contribution in [0.15, 0.2) is 12.3 Å². The Kier molecular flexibility index (Phi) is 2.92. The van der Waals surface area contributed by atoms with E-state index in [1.54, 1.807) is 0 Å². The Morgan fingerprint density at radius 3 is 2.30 bits per heavy atom. The molecule has 1 N–H and O–H groups in total. The summed E-state index contributed by atoms with van der Waals surface area (Å²) in [5.41, 5.74) is 0. The lowest BCUT2D eigenvalue weighted by Crippen LogP contribution is -2.20. The summed E-state index contributed by atoms with van der Waals surface area (Å²) in [4.78, 5) is 9.97. The number of hydrogen-bond donors (Lipinski definition) is 1. The third kappa shape index (κ3) is 3.11. The van der Waals surface area contributed by atoms with Gasteiger partial charge in [0.25, 0.3) is 5.78 Å². The molecule has 0 radical (unpaired) electrons. The molecule has 5 heteroatoms. The standard InChI is InChI=1S/C5H6F3NO/c1-9-3-2-4(10)5(6,7)8/h2-3,9H,1H3/b3-2-. The van der Waals surface area contributed by atoms with Crippen LogP contribution in [0.25, 0.3) is 0 Å². The molecule has 0 spiro atoms. The number of alkyl halides is 3. The Hall–Kier alpha value is -1.00. The van der Waals surface area contributed by atoms with Gasteiger partial charge in [-0.25, -0.2) is 0 Å². The van der Waals surface area contributed by atoms with Crippen molar-refractivity contribution in [1.29, 1.82) is 0 Å². The van der Waals surface area contributed by atoms with Gasteiger partial charge in [-0.2, -0.15) is 13.2 Å². The minimum atomic E-state index is -4.76. The summed E-state index contributed by atoms with van der Waals surface area (Å²) in [7, 11) is 1.40. The van der Waals surface area contributed by atoms with Gasteiger partial charge in [0.1, 0.15) is 0 Å². The first kappa shape index (κ1) is 9.00. The molecule has 0 aromatic rings. The van der Waals surface area contributed by atoms with Gasteiger partial charge < -0.3 is 5.32 Å². The SMILES string of the molecule is CN/C=C\C(=O)C(F)(F)F. The van der Waals surface area contributed by atoms with Gasteiger partial charge in [-0.3, -0.25) is 4.79 Å². The second-order valence-electron chi connectivity index (χ2n) is 1.48. The smallest absolute Gasteiger partial charge is 0.394 e. The van der Waals surface area contributed by atoms with Crippen molar-refractivity contribution in [3.8, 4) is 0 Å². The van der Waals surface area contributed by atoms with Crippen molar-refractivity contribution < 1.29 is 18.0 Å². The molecule has 0 aliphatic rings. The van der Waals surface area contributed by atoms with E-state index in [4.69, 9.17) is 0 Å². The van der Waals surface area contributed by atoms with Crippen molar-refractivity contribution in [1.82, 2.24) is 5.32 Å². The van der Waals surface area contributed by atoms with Gasteiger partial charge in [0.15, 0.2) is 0 Å². The fourth-order valence-corrected chi connectivity index (χ4v) is 0.254. The maximum atomic E-state index is 11.3. The summed E-state index contributed by atoms with van der Waals surface area (Å²) < 4.78 is 34.0. The average molecular weight is 153 g/mol. The van der Waals surface area contributed by atoms with Crippen molar-refractivity contribution in [2.45, 2.75) is 6.18 Å². The molecule has 0 aromatic heterocycles. The topological polar surface area (TPSA) is 29.1 Å². The monoisotopic (exact) mass is 153 g/mol. The lowest BCUT2D eigenvalue weighted by molar-refractivity contribution is -0.165. The van der Waals surface area contributed by atoms with E-state index in [2.05, 4.69) is 5.32 Å². The maximum Gasteiger partial charge on any atom is 0.454 e. The summed E-state index contributed by atoms with van der Waals surface area (Å²) in [6.45, 7) is 0. The average Bonchev–Trinajstić information content (AvgIpc) is 1.80. The largest absolute Gasteiger partial charge is 0.454 e. The number of allylic oxidation sites excluding steroid dienone is 1. The number of nitrogens with one attached hydrogen (secondary N) is 1. The second kappa shape index (κ2) is 3.24. The van der Waals surface area contributed by atoms with Crippen molar-refractivity contribution in [3.05, 3.63) is 12.3 Å². The van der Waals surface area contributed by atoms with E-state index < -0.39 is 12.0 Å². The van der Waals surface area contributed by atoms with Gasteiger partial charge in [-0.1, -0.05) is 0 Å². The van der Waals surface area contributed by atoms with E-state index >= 15 is 0 Å². The number of rotatable bonds is 2. The highest BCUT2D eigenvalue weighted by Crippen LogP contribution is 2.15. The van der Waals surface area contributed by atoms with E-state index in [1.807, 2.05) is 0 Å². The molecule has 0 rings (SSSR count). The Balaban J connectivity index is 3.98. The molecule has 58 valence electrons. The molecule has 0 amide bonds. The summed E-state index contributed by atoms with van der Waals surface area (Å²) in [5, 5.41) is 2.27. The Bertz CT molecular complexity index is 149. The lowest BCUT2D eigenvalue weighted by atomic mass is 10.4. The zero-order valence-electron chi connectivity index (χ0n) is 5.20. The highest BCUT2D eigenvalue weighted by Gasteiger charge is 2.35. The number of halogens is 3. The van der Waals surface area contributed by atoms with E-state index in [0.29, 0.717) is 6.08 Å². The Morgan fingerprint density at radius 1 is 1.50 bits per heavy atom. The first-order valence-electron chi connectivity index (χ1n) is 2.43. The molecular formula is C5H6F3NO. The van der Waals surface area contributed by atoms with Crippen LogP contribution >= 0.6 is 0 Å². The van der Waals surface area contributed by atoms with Crippen LogP contribution in [-0.4, -0.2) is 19.0 Å². The first-order valence-corrected chi connectivity index (χ1v) is 2.43. The number of ketones is 1. The molecule has 0 atom stereocenters. The molecule has 0 aromatic carbocycles. The third-order valence-electron chi connectivity index (χ3n) is 0.681. The maximum absolute atomic E-state index is 11.3. The number of carbonyl (C=O) groups is 1. The van der Waals surface area contributed by atoms with Crippen LogP contribution in [0.1, 0.15) is 0 Å². The van der Waals surface area contributed by atoms with Gasteiger partial charge in [-0.05, 0) is 0 Å². The van der Waals surface area contributed by atoms with E-state index in [9.17, 15) is 18.0 Å². The van der Waals surface area contributed by atoms with Gasteiger partial charge in [-0.15, -0.1) is 0 Å². The highest BCUT2D eigenvalue weighted by molar-refractivity contribution is 5.94. The van der Waals surface area contributed by atoms with Crippen LogP contribution in [0.2, 0.25) is 0 Å². The zero-order valence-corrected chi connectivity index (χ0v) is 5.20. The van der Waals surface area contributed by atoms with Crippen LogP contribution in [-0.2, 0) is 4.79 Å². The van der Waals surface area contributed by atoms with Gasteiger partial charge >= 0.3 is 6.18 Å². The minimum absolute atomic E-state index is 0.431. The molecule has 10 heavy (non-hydrogen) atoms. The van der Waals surface area contributed by atoms with Crippen LogP contribution in [0.4, 0.5) is 13.2 Å². The Morgan fingerprint density at radius 2 is 2.00 bits per heavy atom. The van der Waals surface area contributed by atoms with Crippen LogP contribution in [0.5, 0.6) is 0 Å². The summed E-state index contributed by atoms with van der Waals surface area (Å²) in [5.74, 6) is -1.86. The fraction of sp³-hybridized carbons (Fsp3) is 0.400. The lowest BCUT2D eigenvalue weighted by Gasteiger charge is -1.98. The first-order chi connectivity index (χ1) is 4.48. The molecule has 0 saturated carbocycles. The molecular weight excluding hydrogens is 147 g/mol.